The van der Waals surface area contributed by atoms with Crippen LogP contribution in [0.4, 0.5) is 0 Å². The lowest BCUT2D eigenvalue weighted by Crippen LogP contribution is -2.46. The van der Waals surface area contributed by atoms with Gasteiger partial charge in [-0.25, -0.2) is 0 Å². The van der Waals surface area contributed by atoms with Gasteiger partial charge < -0.3 is 10.4 Å². The molecule has 0 unspecified atom stereocenters. The molecule has 4 nitrogen and oxygen atoms in total. The highest BCUT2D eigenvalue weighted by atomic mass is 35.5. The van der Waals surface area contributed by atoms with E-state index in [1.54, 1.807) is 6.07 Å². The van der Waals surface area contributed by atoms with Gasteiger partial charge in [0.25, 0.3) is 0 Å². The molecule has 21 heavy (non-hydrogen) atoms. The van der Waals surface area contributed by atoms with Crippen LogP contribution in [0.5, 0.6) is 0 Å². The van der Waals surface area contributed by atoms with Gasteiger partial charge >= 0.3 is 5.97 Å². The monoisotopic (exact) mass is 329 g/mol. The Morgan fingerprint density at radius 2 is 1.95 bits per heavy atom. The van der Waals surface area contributed by atoms with Crippen molar-refractivity contribution in [2.75, 3.05) is 0 Å². The Kier molecular flexibility index (Phi) is 5.48. The molecule has 1 amide bonds. The molecule has 0 bridgehead atoms. The fourth-order valence-corrected chi connectivity index (χ4v) is 2.71. The fraction of sp³-hybridized carbons (Fsp3) is 0.467. The number of aliphatic carboxylic acids is 1. The van der Waals surface area contributed by atoms with Gasteiger partial charge in [-0.2, -0.15) is 0 Å². The smallest absolute Gasteiger partial charge is 0.306 e. The number of hydrogen-bond acceptors (Lipinski definition) is 2. The third kappa shape index (κ3) is 4.61. The zero-order chi connectivity index (χ0) is 15.4. The number of hydrogen-bond donors (Lipinski definition) is 2. The van der Waals surface area contributed by atoms with Crippen molar-refractivity contribution in [1.29, 1.82) is 0 Å². The van der Waals surface area contributed by atoms with Crippen LogP contribution in [-0.4, -0.2) is 23.0 Å². The van der Waals surface area contributed by atoms with Crippen LogP contribution in [0, 0.1) is 5.92 Å². The van der Waals surface area contributed by atoms with Crippen molar-refractivity contribution < 1.29 is 14.7 Å². The first kappa shape index (κ1) is 16.1. The summed E-state index contributed by atoms with van der Waals surface area (Å²) in [6, 6.07) is 5.48. The average Bonchev–Trinajstić information content (AvgIpc) is 2.37. The molecule has 1 fully saturated rings. The summed E-state index contributed by atoms with van der Waals surface area (Å²) in [6.07, 6.45) is 2.97. The van der Waals surface area contributed by atoms with Crippen molar-refractivity contribution in [3.63, 3.8) is 0 Å². The van der Waals surface area contributed by atoms with Gasteiger partial charge in [0.05, 0.1) is 16.0 Å². The summed E-state index contributed by atoms with van der Waals surface area (Å²) < 4.78 is 0. The van der Waals surface area contributed by atoms with Crippen molar-refractivity contribution in [3.8, 4) is 0 Å². The van der Waals surface area contributed by atoms with E-state index in [2.05, 4.69) is 5.32 Å². The minimum atomic E-state index is -0.778. The van der Waals surface area contributed by atoms with E-state index in [0.717, 1.165) is 18.4 Å². The Bertz CT molecular complexity index is 542. The number of carbonyl (C=O) groups excluding carboxylic acids is 1. The van der Waals surface area contributed by atoms with E-state index < -0.39 is 5.97 Å². The van der Waals surface area contributed by atoms with Crippen LogP contribution in [0.1, 0.15) is 31.2 Å². The van der Waals surface area contributed by atoms with Crippen molar-refractivity contribution in [2.45, 2.75) is 38.1 Å². The number of carbonyl (C=O) groups is 2. The highest BCUT2D eigenvalue weighted by molar-refractivity contribution is 6.42. The molecule has 1 saturated carbocycles. The Balaban J connectivity index is 1.65. The summed E-state index contributed by atoms with van der Waals surface area (Å²) in [5.74, 6) is -1.10. The second-order valence-electron chi connectivity index (χ2n) is 5.37. The number of benzene rings is 1. The first-order valence-electron chi connectivity index (χ1n) is 6.92. The molecule has 0 radical (unpaired) electrons. The van der Waals surface area contributed by atoms with Crippen LogP contribution in [-0.2, 0) is 16.0 Å². The van der Waals surface area contributed by atoms with Crippen molar-refractivity contribution >= 4 is 35.1 Å². The van der Waals surface area contributed by atoms with Crippen molar-refractivity contribution in [1.82, 2.24) is 5.32 Å². The van der Waals surface area contributed by atoms with Crippen molar-refractivity contribution in [3.05, 3.63) is 33.8 Å². The highest BCUT2D eigenvalue weighted by Crippen LogP contribution is 2.27. The quantitative estimate of drug-likeness (QED) is 0.841. The maximum absolute atomic E-state index is 11.7. The Morgan fingerprint density at radius 1 is 1.24 bits per heavy atom. The van der Waals surface area contributed by atoms with Gasteiger partial charge in [0.1, 0.15) is 0 Å². The number of nitrogens with one attached hydrogen (secondary N) is 1. The van der Waals surface area contributed by atoms with E-state index in [4.69, 9.17) is 28.3 Å². The third-order valence-corrected chi connectivity index (χ3v) is 4.44. The van der Waals surface area contributed by atoms with Gasteiger partial charge in [-0.3, -0.25) is 9.59 Å². The minimum absolute atomic E-state index is 0.0172. The number of carboxylic acids is 1. The van der Waals surface area contributed by atoms with Gasteiger partial charge in [0.15, 0.2) is 0 Å². The number of carboxylic acid groups (broad SMARTS) is 1. The number of amides is 1. The van der Waals surface area contributed by atoms with Crippen LogP contribution in [0.3, 0.4) is 0 Å². The summed E-state index contributed by atoms with van der Waals surface area (Å²) >= 11 is 11.8. The van der Waals surface area contributed by atoms with Crippen LogP contribution in [0.2, 0.25) is 10.0 Å². The maximum Gasteiger partial charge on any atom is 0.306 e. The Labute approximate surface area is 133 Å². The maximum atomic E-state index is 11.7. The topological polar surface area (TPSA) is 66.4 Å². The molecule has 0 aliphatic heterocycles. The van der Waals surface area contributed by atoms with E-state index in [-0.39, 0.29) is 17.9 Å². The molecule has 0 spiro atoms. The Hall–Kier alpha value is -1.26. The summed E-state index contributed by atoms with van der Waals surface area (Å²) in [7, 11) is 0. The van der Waals surface area contributed by atoms with Crippen LogP contribution >= 0.6 is 23.2 Å². The molecule has 0 saturated heterocycles. The molecule has 0 atom stereocenters. The standard InChI is InChI=1S/C15H17Cl2NO3/c16-12-5-4-9(6-13(12)17)2-1-3-14(19)18-11-7-10(8-11)15(20)21/h4-6,10-11H,1-3,7-8H2,(H,18,19)(H,20,21). The van der Waals surface area contributed by atoms with Crippen LogP contribution in [0.25, 0.3) is 0 Å². The summed E-state index contributed by atoms with van der Waals surface area (Å²) in [4.78, 5) is 22.4. The molecule has 1 aliphatic rings. The molecule has 0 aromatic heterocycles. The number of aryl methyl sites for hydroxylation is 1. The third-order valence-electron chi connectivity index (χ3n) is 3.71. The molecule has 1 aromatic rings. The van der Waals surface area contributed by atoms with Gasteiger partial charge in [-0.05, 0) is 43.4 Å². The average molecular weight is 330 g/mol. The van der Waals surface area contributed by atoms with E-state index in [0.29, 0.717) is 29.3 Å². The molecule has 1 aliphatic carbocycles. The Morgan fingerprint density at radius 3 is 2.57 bits per heavy atom. The number of halogens is 2. The zero-order valence-corrected chi connectivity index (χ0v) is 13.0. The second kappa shape index (κ2) is 7.14. The molecule has 0 heterocycles. The lowest BCUT2D eigenvalue weighted by molar-refractivity contribution is -0.146. The molecular weight excluding hydrogens is 313 g/mol. The minimum Gasteiger partial charge on any atom is -0.481 e. The first-order valence-corrected chi connectivity index (χ1v) is 7.67. The van der Waals surface area contributed by atoms with E-state index in [9.17, 15) is 9.59 Å². The normalized spacial score (nSPS) is 20.7. The zero-order valence-electron chi connectivity index (χ0n) is 11.4. The molecule has 2 rings (SSSR count). The van der Waals surface area contributed by atoms with E-state index in [1.165, 1.54) is 0 Å². The summed E-state index contributed by atoms with van der Waals surface area (Å²) in [5, 5.41) is 12.7. The number of rotatable bonds is 6. The summed E-state index contributed by atoms with van der Waals surface area (Å²) in [5.41, 5.74) is 1.05. The SMILES string of the molecule is O=C(CCCc1ccc(Cl)c(Cl)c1)NC1CC(C(=O)O)C1. The molecular formula is C15H17Cl2NO3. The van der Waals surface area contributed by atoms with Gasteiger partial charge in [0, 0.05) is 12.5 Å². The highest BCUT2D eigenvalue weighted by Gasteiger charge is 2.34. The van der Waals surface area contributed by atoms with Gasteiger partial charge in [0.2, 0.25) is 5.91 Å². The van der Waals surface area contributed by atoms with Crippen LogP contribution in [0.15, 0.2) is 18.2 Å². The molecule has 6 heteroatoms. The predicted molar refractivity (Wildman–Crippen MR) is 81.7 cm³/mol. The van der Waals surface area contributed by atoms with E-state index >= 15 is 0 Å². The van der Waals surface area contributed by atoms with E-state index in [1.807, 2.05) is 12.1 Å². The lowest BCUT2D eigenvalue weighted by atomic mass is 9.80. The summed E-state index contributed by atoms with van der Waals surface area (Å²) in [6.45, 7) is 0. The van der Waals surface area contributed by atoms with Gasteiger partial charge in [-0.1, -0.05) is 29.3 Å². The lowest BCUT2D eigenvalue weighted by Gasteiger charge is -2.32. The van der Waals surface area contributed by atoms with Crippen LogP contribution < -0.4 is 5.32 Å². The predicted octanol–water partition coefficient (Wildman–Crippen LogP) is 3.30. The first-order chi connectivity index (χ1) is 9.95. The second-order valence-corrected chi connectivity index (χ2v) is 6.19. The molecule has 1 aromatic carbocycles. The van der Waals surface area contributed by atoms with Crippen molar-refractivity contribution in [2.24, 2.45) is 5.92 Å². The van der Waals surface area contributed by atoms with Gasteiger partial charge in [-0.15, -0.1) is 0 Å². The largest absolute Gasteiger partial charge is 0.481 e. The molecule has 2 N–H and O–H groups in total. The fourth-order valence-electron chi connectivity index (χ4n) is 2.39. The molecule has 114 valence electrons.